The van der Waals surface area contributed by atoms with Gasteiger partial charge in [-0.1, -0.05) is 6.58 Å². The van der Waals surface area contributed by atoms with Gasteiger partial charge in [-0.2, -0.15) is 0 Å². The third-order valence-corrected chi connectivity index (χ3v) is 2.47. The van der Waals surface area contributed by atoms with Crippen LogP contribution < -0.4 is 20.5 Å². The first-order valence-electron chi connectivity index (χ1n) is 4.63. The molecule has 1 aliphatic heterocycles. The molecule has 5 heteroatoms. The standard InChI is InChI=1S/C10H13BN3O/c1-6(12)9-8(15-3)5-4-7-10(9)13-11-14(7)2/h4-5,13H,1,12H2,2-3H3. The van der Waals surface area contributed by atoms with Crippen LogP contribution in [-0.2, 0) is 0 Å². The van der Waals surface area contributed by atoms with E-state index in [-0.39, 0.29) is 0 Å². The molecule has 1 radical (unpaired) electrons. The number of anilines is 2. The SMILES string of the molecule is C=C(N)c1c(OC)ccc2c1N[B]N2C. The van der Waals surface area contributed by atoms with Crippen LogP contribution in [0.1, 0.15) is 5.56 Å². The van der Waals surface area contributed by atoms with E-state index in [9.17, 15) is 0 Å². The van der Waals surface area contributed by atoms with Crippen LogP contribution in [0.5, 0.6) is 5.75 Å². The van der Waals surface area contributed by atoms with E-state index in [1.54, 1.807) is 7.11 Å². The molecule has 1 aromatic carbocycles. The zero-order valence-electron chi connectivity index (χ0n) is 8.87. The maximum atomic E-state index is 5.76. The quantitative estimate of drug-likeness (QED) is 0.703. The Labute approximate surface area is 90.0 Å². The fourth-order valence-corrected chi connectivity index (χ4v) is 1.73. The lowest BCUT2D eigenvalue weighted by Crippen LogP contribution is -2.20. The second-order valence-corrected chi connectivity index (χ2v) is 3.45. The zero-order valence-corrected chi connectivity index (χ0v) is 8.87. The molecule has 0 saturated heterocycles. The Morgan fingerprint density at radius 2 is 2.33 bits per heavy atom. The molecule has 0 aromatic heterocycles. The molecular weight excluding hydrogens is 189 g/mol. The van der Waals surface area contributed by atoms with Gasteiger partial charge in [-0.05, 0) is 19.2 Å². The van der Waals surface area contributed by atoms with Crippen molar-refractivity contribution in [3.8, 4) is 5.75 Å². The molecule has 15 heavy (non-hydrogen) atoms. The van der Waals surface area contributed by atoms with Gasteiger partial charge in [-0.25, -0.2) is 0 Å². The van der Waals surface area contributed by atoms with Gasteiger partial charge < -0.3 is 20.5 Å². The Kier molecular flexibility index (Phi) is 2.23. The molecule has 1 aromatic rings. The van der Waals surface area contributed by atoms with E-state index in [1.165, 1.54) is 0 Å². The second kappa shape index (κ2) is 3.42. The number of methoxy groups -OCH3 is 1. The fraction of sp³-hybridized carbons (Fsp3) is 0.200. The first kappa shape index (κ1) is 9.77. The van der Waals surface area contributed by atoms with E-state index < -0.39 is 0 Å². The maximum Gasteiger partial charge on any atom is 0.388 e. The zero-order chi connectivity index (χ0) is 11.0. The third kappa shape index (κ3) is 1.40. The number of ether oxygens (including phenoxy) is 1. The predicted molar refractivity (Wildman–Crippen MR) is 64.0 cm³/mol. The highest BCUT2D eigenvalue weighted by molar-refractivity contribution is 6.50. The minimum atomic E-state index is 0.500. The fourth-order valence-electron chi connectivity index (χ4n) is 1.73. The van der Waals surface area contributed by atoms with Crippen LogP contribution in [0.3, 0.4) is 0 Å². The normalized spacial score (nSPS) is 12.8. The van der Waals surface area contributed by atoms with Gasteiger partial charge in [0.2, 0.25) is 0 Å². The number of hydrogen-bond donors (Lipinski definition) is 2. The molecule has 4 nitrogen and oxygen atoms in total. The summed E-state index contributed by atoms with van der Waals surface area (Å²) < 4.78 is 5.25. The van der Waals surface area contributed by atoms with Crippen molar-refractivity contribution in [2.45, 2.75) is 0 Å². The maximum absolute atomic E-state index is 5.76. The molecule has 77 valence electrons. The summed E-state index contributed by atoms with van der Waals surface area (Å²) in [6, 6.07) is 3.88. The largest absolute Gasteiger partial charge is 0.496 e. The average Bonchev–Trinajstić information content (AvgIpc) is 2.58. The first-order chi connectivity index (χ1) is 7.15. The Morgan fingerprint density at radius 3 is 2.93 bits per heavy atom. The first-order valence-corrected chi connectivity index (χ1v) is 4.63. The van der Waals surface area contributed by atoms with Crippen LogP contribution in [0.2, 0.25) is 0 Å². The number of nitrogens with zero attached hydrogens (tertiary/aromatic N) is 1. The highest BCUT2D eigenvalue weighted by atomic mass is 16.5. The van der Waals surface area contributed by atoms with Crippen LogP contribution >= 0.6 is 0 Å². The van der Waals surface area contributed by atoms with Crippen molar-refractivity contribution in [3.05, 3.63) is 24.3 Å². The topological polar surface area (TPSA) is 50.5 Å². The van der Waals surface area contributed by atoms with Crippen molar-refractivity contribution in [1.82, 2.24) is 0 Å². The number of benzene rings is 1. The molecule has 0 fully saturated rings. The molecule has 3 N–H and O–H groups in total. The van der Waals surface area contributed by atoms with E-state index in [2.05, 4.69) is 11.8 Å². The van der Waals surface area contributed by atoms with Crippen molar-refractivity contribution < 1.29 is 4.74 Å². The van der Waals surface area contributed by atoms with Gasteiger partial charge >= 0.3 is 7.55 Å². The van der Waals surface area contributed by atoms with E-state index in [0.29, 0.717) is 5.70 Å². The molecule has 0 unspecified atom stereocenters. The Hall–Kier alpha value is -1.78. The summed E-state index contributed by atoms with van der Waals surface area (Å²) >= 11 is 0. The van der Waals surface area contributed by atoms with Crippen molar-refractivity contribution >= 4 is 24.6 Å². The lowest BCUT2D eigenvalue weighted by Gasteiger charge is -2.15. The number of nitrogens with two attached hydrogens (primary N) is 1. The van der Waals surface area contributed by atoms with Gasteiger partial charge in [-0.15, -0.1) is 0 Å². The number of fused-ring (bicyclic) bond motifs is 1. The second-order valence-electron chi connectivity index (χ2n) is 3.45. The molecule has 1 aliphatic rings. The molecule has 0 bridgehead atoms. The molecule has 0 atom stereocenters. The van der Waals surface area contributed by atoms with E-state index in [4.69, 9.17) is 10.5 Å². The Bertz CT molecular complexity index is 419. The molecule has 0 aliphatic carbocycles. The highest BCUT2D eigenvalue weighted by Crippen LogP contribution is 2.40. The summed E-state index contributed by atoms with van der Waals surface area (Å²) in [6.45, 7) is 3.76. The van der Waals surface area contributed by atoms with Crippen LogP contribution in [-0.4, -0.2) is 21.7 Å². The van der Waals surface area contributed by atoms with Crippen molar-refractivity contribution in [1.29, 1.82) is 0 Å². The summed E-state index contributed by atoms with van der Waals surface area (Å²) in [4.78, 5) is 1.99. The van der Waals surface area contributed by atoms with Crippen molar-refractivity contribution in [2.24, 2.45) is 5.73 Å². The van der Waals surface area contributed by atoms with Gasteiger partial charge in [0.1, 0.15) is 5.75 Å². The van der Waals surface area contributed by atoms with Crippen LogP contribution in [0, 0.1) is 0 Å². The predicted octanol–water partition coefficient (Wildman–Crippen LogP) is 1.02. The van der Waals surface area contributed by atoms with Crippen molar-refractivity contribution in [2.75, 3.05) is 24.2 Å². The smallest absolute Gasteiger partial charge is 0.388 e. The molecule has 0 amide bonds. The summed E-state index contributed by atoms with van der Waals surface area (Å²) in [7, 11) is 5.46. The van der Waals surface area contributed by atoms with Crippen LogP contribution in [0.4, 0.5) is 11.4 Å². The molecule has 1 heterocycles. The van der Waals surface area contributed by atoms with Crippen LogP contribution in [0.25, 0.3) is 5.70 Å². The van der Waals surface area contributed by atoms with Gasteiger partial charge in [0, 0.05) is 11.4 Å². The molecule has 0 spiro atoms. The molecule has 2 rings (SSSR count). The average molecular weight is 202 g/mol. The minimum Gasteiger partial charge on any atom is -0.496 e. The summed E-state index contributed by atoms with van der Waals surface area (Å²) in [5.74, 6) is 0.734. The summed E-state index contributed by atoms with van der Waals surface area (Å²) in [5.41, 5.74) is 9.11. The van der Waals surface area contributed by atoms with Gasteiger partial charge in [0.25, 0.3) is 0 Å². The van der Waals surface area contributed by atoms with Gasteiger partial charge in [-0.3, -0.25) is 0 Å². The summed E-state index contributed by atoms with van der Waals surface area (Å²) in [5, 5.41) is 3.15. The van der Waals surface area contributed by atoms with Crippen molar-refractivity contribution in [3.63, 3.8) is 0 Å². The van der Waals surface area contributed by atoms with Gasteiger partial charge in [0.15, 0.2) is 0 Å². The highest BCUT2D eigenvalue weighted by Gasteiger charge is 2.23. The Morgan fingerprint density at radius 1 is 1.60 bits per heavy atom. The van der Waals surface area contributed by atoms with E-state index >= 15 is 0 Å². The van der Waals surface area contributed by atoms with Crippen LogP contribution in [0.15, 0.2) is 18.7 Å². The van der Waals surface area contributed by atoms with E-state index in [0.717, 1.165) is 22.7 Å². The molecule has 0 saturated carbocycles. The van der Waals surface area contributed by atoms with Gasteiger partial charge in [0.05, 0.1) is 18.4 Å². The number of hydrogen-bond acceptors (Lipinski definition) is 4. The number of rotatable bonds is 2. The Balaban J connectivity index is 2.63. The summed E-state index contributed by atoms with van der Waals surface area (Å²) in [6.07, 6.45) is 0. The third-order valence-electron chi connectivity index (χ3n) is 2.47. The monoisotopic (exact) mass is 202 g/mol. The minimum absolute atomic E-state index is 0.500. The van der Waals surface area contributed by atoms with E-state index in [1.807, 2.05) is 31.5 Å². The number of nitrogens with one attached hydrogen (secondary N) is 1. The molecular formula is C10H13BN3O. The lowest BCUT2D eigenvalue weighted by molar-refractivity contribution is 0.414. The lowest BCUT2D eigenvalue weighted by atomic mass is 10.1.